The Hall–Kier alpha value is -1.63. The maximum atomic E-state index is 11.9. The summed E-state index contributed by atoms with van der Waals surface area (Å²) in [5.74, 6) is -1.06. The molecular formula is C11H15N3O3S. The number of anilines is 1. The van der Waals surface area contributed by atoms with Gasteiger partial charge in [0.05, 0.1) is 5.69 Å². The van der Waals surface area contributed by atoms with Crippen LogP contribution in [0.15, 0.2) is 0 Å². The molecule has 1 aromatic rings. The summed E-state index contributed by atoms with van der Waals surface area (Å²) in [6.07, 6.45) is 3.12. The Balaban J connectivity index is 2.14. The van der Waals surface area contributed by atoms with Crippen molar-refractivity contribution >= 4 is 28.5 Å². The number of carboxylic acid groups (broad SMARTS) is 1. The van der Waals surface area contributed by atoms with Crippen molar-refractivity contribution in [2.75, 3.05) is 11.9 Å². The summed E-state index contributed by atoms with van der Waals surface area (Å²) in [5, 5.41) is 12.3. The zero-order valence-corrected chi connectivity index (χ0v) is 11.1. The first-order valence-corrected chi connectivity index (χ1v) is 6.52. The van der Waals surface area contributed by atoms with Crippen LogP contribution in [-0.4, -0.2) is 34.6 Å². The Morgan fingerprint density at radius 3 is 2.67 bits per heavy atom. The molecule has 0 bridgehead atoms. The van der Waals surface area contributed by atoms with Gasteiger partial charge in [-0.25, -0.2) is 9.59 Å². The lowest BCUT2D eigenvalue weighted by Crippen LogP contribution is -2.46. The van der Waals surface area contributed by atoms with Crippen LogP contribution in [0.1, 0.15) is 35.3 Å². The average molecular weight is 269 g/mol. The van der Waals surface area contributed by atoms with Crippen molar-refractivity contribution < 1.29 is 14.7 Å². The molecule has 1 saturated carbocycles. The van der Waals surface area contributed by atoms with Crippen molar-refractivity contribution in [2.45, 2.75) is 32.2 Å². The smallest absolute Gasteiger partial charge is 0.340 e. The Kier molecular flexibility index (Phi) is 3.51. The number of urea groups is 1. The number of aryl methyl sites for hydroxylation is 1. The zero-order valence-electron chi connectivity index (χ0n) is 10.3. The number of rotatable bonds is 3. The summed E-state index contributed by atoms with van der Waals surface area (Å²) in [6, 6.07) is -0.0481. The summed E-state index contributed by atoms with van der Waals surface area (Å²) >= 11 is 1.03. The van der Waals surface area contributed by atoms with Gasteiger partial charge in [0.25, 0.3) is 0 Å². The second-order valence-corrected chi connectivity index (χ2v) is 5.14. The molecule has 2 N–H and O–H groups in total. The largest absolute Gasteiger partial charge is 0.478 e. The Morgan fingerprint density at radius 1 is 1.50 bits per heavy atom. The van der Waals surface area contributed by atoms with E-state index >= 15 is 0 Å². The van der Waals surface area contributed by atoms with E-state index < -0.39 is 5.97 Å². The molecule has 1 aliphatic carbocycles. The molecule has 1 heterocycles. The average Bonchev–Trinajstić information content (AvgIpc) is 2.64. The van der Waals surface area contributed by atoms with Crippen LogP contribution in [0.4, 0.5) is 9.80 Å². The number of carbonyl (C=O) groups excluding carboxylic acids is 1. The summed E-state index contributed by atoms with van der Waals surface area (Å²) in [5.41, 5.74) is 0.539. The van der Waals surface area contributed by atoms with Gasteiger partial charge < -0.3 is 10.4 Å². The van der Waals surface area contributed by atoms with Gasteiger partial charge in [-0.3, -0.25) is 4.90 Å². The Bertz CT molecular complexity index is 482. The molecule has 18 heavy (non-hydrogen) atoms. The molecule has 0 aliphatic heterocycles. The van der Waals surface area contributed by atoms with Crippen LogP contribution in [-0.2, 0) is 0 Å². The van der Waals surface area contributed by atoms with E-state index in [0.717, 1.165) is 30.8 Å². The number of aromatic carboxylic acids is 1. The number of nitrogens with zero attached hydrogens (tertiary/aromatic N) is 2. The fourth-order valence-corrected chi connectivity index (χ4v) is 2.60. The van der Waals surface area contributed by atoms with Gasteiger partial charge in [-0.2, -0.15) is 4.37 Å². The van der Waals surface area contributed by atoms with Crippen LogP contribution >= 0.6 is 11.5 Å². The molecule has 6 nitrogen and oxygen atoms in total. The van der Waals surface area contributed by atoms with Crippen LogP contribution in [0.2, 0.25) is 0 Å². The number of aromatic nitrogens is 1. The summed E-state index contributed by atoms with van der Waals surface area (Å²) in [7, 11) is 1.56. The van der Waals surface area contributed by atoms with Crippen molar-refractivity contribution in [3.63, 3.8) is 0 Å². The van der Waals surface area contributed by atoms with Crippen LogP contribution in [0.25, 0.3) is 0 Å². The Morgan fingerprint density at radius 2 is 2.17 bits per heavy atom. The molecule has 0 aromatic carbocycles. The molecule has 98 valence electrons. The second-order valence-electron chi connectivity index (χ2n) is 4.39. The fraction of sp³-hybridized carbons (Fsp3) is 0.545. The van der Waals surface area contributed by atoms with E-state index in [0.29, 0.717) is 10.7 Å². The predicted molar refractivity (Wildman–Crippen MR) is 68.4 cm³/mol. The van der Waals surface area contributed by atoms with Crippen LogP contribution in [0.5, 0.6) is 0 Å². The number of carboxylic acids is 1. The van der Waals surface area contributed by atoms with E-state index in [1.165, 1.54) is 4.90 Å². The Labute approximate surface area is 109 Å². The first-order valence-electron chi connectivity index (χ1n) is 5.74. The highest BCUT2D eigenvalue weighted by Crippen LogP contribution is 2.28. The van der Waals surface area contributed by atoms with Gasteiger partial charge in [-0.1, -0.05) is 0 Å². The van der Waals surface area contributed by atoms with Gasteiger partial charge in [0.1, 0.15) is 10.6 Å². The van der Waals surface area contributed by atoms with Gasteiger partial charge in [0.2, 0.25) is 0 Å². The molecule has 1 aliphatic rings. The molecule has 2 rings (SSSR count). The van der Waals surface area contributed by atoms with Gasteiger partial charge in [-0.15, -0.1) is 0 Å². The standard InChI is InChI=1S/C11H15N3O3S/c1-6-8(10(15)16)9(18-13-6)14(2)11(17)12-7-4-3-5-7/h7H,3-5H2,1-2H3,(H,12,17)(H,15,16). The number of hydrogen-bond donors (Lipinski definition) is 2. The van der Waals surface area contributed by atoms with Crippen molar-refractivity contribution in [1.29, 1.82) is 0 Å². The van der Waals surface area contributed by atoms with Gasteiger partial charge in [0.15, 0.2) is 0 Å². The van der Waals surface area contributed by atoms with Crippen LogP contribution in [0.3, 0.4) is 0 Å². The lowest BCUT2D eigenvalue weighted by atomic mass is 9.93. The lowest BCUT2D eigenvalue weighted by molar-refractivity contribution is 0.0697. The minimum atomic E-state index is -1.06. The van der Waals surface area contributed by atoms with Crippen molar-refractivity contribution in [1.82, 2.24) is 9.69 Å². The molecule has 0 saturated heterocycles. The number of carbonyl (C=O) groups is 2. The minimum absolute atomic E-state index is 0.103. The van der Waals surface area contributed by atoms with Crippen molar-refractivity contribution in [3.8, 4) is 0 Å². The maximum absolute atomic E-state index is 11.9. The molecule has 0 unspecified atom stereocenters. The number of amides is 2. The fourth-order valence-electron chi connectivity index (χ4n) is 1.75. The first kappa shape index (κ1) is 12.8. The molecule has 7 heteroatoms. The molecule has 1 aromatic heterocycles. The van der Waals surface area contributed by atoms with E-state index in [-0.39, 0.29) is 17.6 Å². The third-order valence-electron chi connectivity index (χ3n) is 3.10. The molecule has 0 atom stereocenters. The molecule has 0 spiro atoms. The first-order chi connectivity index (χ1) is 8.50. The SMILES string of the molecule is Cc1nsc(N(C)C(=O)NC2CCC2)c1C(=O)O. The quantitative estimate of drug-likeness (QED) is 0.877. The second kappa shape index (κ2) is 4.93. The number of hydrogen-bond acceptors (Lipinski definition) is 4. The van der Waals surface area contributed by atoms with E-state index in [9.17, 15) is 9.59 Å². The highest BCUT2D eigenvalue weighted by molar-refractivity contribution is 7.11. The summed E-state index contributed by atoms with van der Waals surface area (Å²) in [4.78, 5) is 24.4. The lowest BCUT2D eigenvalue weighted by Gasteiger charge is -2.28. The monoisotopic (exact) mass is 269 g/mol. The molecule has 0 radical (unpaired) electrons. The highest BCUT2D eigenvalue weighted by Gasteiger charge is 2.26. The molecular weight excluding hydrogens is 254 g/mol. The van der Waals surface area contributed by atoms with Gasteiger partial charge >= 0.3 is 12.0 Å². The van der Waals surface area contributed by atoms with Gasteiger partial charge in [-0.05, 0) is 37.7 Å². The van der Waals surface area contributed by atoms with E-state index in [2.05, 4.69) is 9.69 Å². The van der Waals surface area contributed by atoms with E-state index in [1.54, 1.807) is 14.0 Å². The van der Waals surface area contributed by atoms with Crippen molar-refractivity contribution in [2.24, 2.45) is 0 Å². The van der Waals surface area contributed by atoms with Crippen LogP contribution in [0, 0.1) is 6.92 Å². The normalized spacial score (nSPS) is 15.0. The van der Waals surface area contributed by atoms with E-state index in [1.807, 2.05) is 0 Å². The zero-order chi connectivity index (χ0) is 13.3. The van der Waals surface area contributed by atoms with E-state index in [4.69, 9.17) is 5.11 Å². The number of nitrogens with one attached hydrogen (secondary N) is 1. The summed E-state index contributed by atoms with van der Waals surface area (Å²) < 4.78 is 3.99. The third kappa shape index (κ3) is 2.31. The van der Waals surface area contributed by atoms with Gasteiger partial charge in [0, 0.05) is 13.1 Å². The van der Waals surface area contributed by atoms with Crippen molar-refractivity contribution in [3.05, 3.63) is 11.3 Å². The minimum Gasteiger partial charge on any atom is -0.478 e. The van der Waals surface area contributed by atoms with Crippen LogP contribution < -0.4 is 10.2 Å². The topological polar surface area (TPSA) is 82.5 Å². The maximum Gasteiger partial charge on any atom is 0.340 e. The third-order valence-corrected chi connectivity index (χ3v) is 4.12. The molecule has 2 amide bonds. The molecule has 1 fully saturated rings. The highest BCUT2D eigenvalue weighted by atomic mass is 32.1. The predicted octanol–water partition coefficient (Wildman–Crippen LogP) is 1.85. The summed E-state index contributed by atoms with van der Waals surface area (Å²) in [6.45, 7) is 1.63.